The fourth-order valence-electron chi connectivity index (χ4n) is 2.22. The molecule has 0 bridgehead atoms. The van der Waals surface area contributed by atoms with Gasteiger partial charge in [0.25, 0.3) is 5.91 Å². The average molecular weight is 388 g/mol. The summed E-state index contributed by atoms with van der Waals surface area (Å²) >= 11 is 7.37. The van der Waals surface area contributed by atoms with Crippen molar-refractivity contribution >= 4 is 28.8 Å². The first-order valence-electron chi connectivity index (χ1n) is 8.12. The van der Waals surface area contributed by atoms with Gasteiger partial charge in [-0.05, 0) is 43.3 Å². The Kier molecular flexibility index (Phi) is 6.20. The number of aromatic nitrogens is 2. The maximum Gasteiger partial charge on any atom is 0.251 e. The van der Waals surface area contributed by atoms with Crippen molar-refractivity contribution in [2.75, 3.05) is 6.54 Å². The van der Waals surface area contributed by atoms with Crippen molar-refractivity contribution in [2.45, 2.75) is 20.0 Å². The first-order chi connectivity index (χ1) is 12.6. The standard InChI is InChI=1S/C19H18ClN3O2S/c1-13-2-7-17(10-22-13)25-11-18-23-16(12-26-18)8-9-21-19(24)14-3-5-15(20)6-4-14/h2-7,10,12H,8-9,11H2,1H3,(H,21,24). The highest BCUT2D eigenvalue weighted by atomic mass is 35.5. The van der Waals surface area contributed by atoms with Crippen LogP contribution >= 0.6 is 22.9 Å². The summed E-state index contributed by atoms with van der Waals surface area (Å²) in [7, 11) is 0. The Bertz CT molecular complexity index is 863. The van der Waals surface area contributed by atoms with Crippen molar-refractivity contribution in [2.24, 2.45) is 0 Å². The summed E-state index contributed by atoms with van der Waals surface area (Å²) in [5, 5.41) is 6.37. The van der Waals surface area contributed by atoms with Gasteiger partial charge in [-0.25, -0.2) is 4.98 Å². The molecule has 26 heavy (non-hydrogen) atoms. The molecule has 2 heterocycles. The number of rotatable bonds is 7. The Morgan fingerprint density at radius 1 is 1.23 bits per heavy atom. The van der Waals surface area contributed by atoms with Gasteiger partial charge in [0.05, 0.1) is 11.9 Å². The highest BCUT2D eigenvalue weighted by Gasteiger charge is 2.07. The number of hydrogen-bond acceptors (Lipinski definition) is 5. The molecule has 3 aromatic rings. The lowest BCUT2D eigenvalue weighted by molar-refractivity contribution is 0.0954. The zero-order valence-electron chi connectivity index (χ0n) is 14.2. The number of pyridine rings is 1. The Morgan fingerprint density at radius 2 is 2.04 bits per heavy atom. The van der Waals surface area contributed by atoms with E-state index in [9.17, 15) is 4.79 Å². The number of amides is 1. The number of carbonyl (C=O) groups is 1. The van der Waals surface area contributed by atoms with Crippen LogP contribution in [0.4, 0.5) is 0 Å². The molecule has 0 aliphatic rings. The molecule has 0 fully saturated rings. The largest absolute Gasteiger partial charge is 0.485 e. The molecule has 0 aliphatic heterocycles. The molecule has 2 aromatic heterocycles. The zero-order chi connectivity index (χ0) is 18.4. The number of halogens is 1. The predicted molar refractivity (Wildman–Crippen MR) is 103 cm³/mol. The van der Waals surface area contributed by atoms with Gasteiger partial charge >= 0.3 is 0 Å². The van der Waals surface area contributed by atoms with Crippen molar-refractivity contribution in [3.05, 3.63) is 75.0 Å². The molecule has 7 heteroatoms. The second kappa shape index (κ2) is 8.78. The van der Waals surface area contributed by atoms with Crippen molar-refractivity contribution in [1.82, 2.24) is 15.3 Å². The maximum atomic E-state index is 12.0. The van der Waals surface area contributed by atoms with Crippen molar-refractivity contribution in [1.29, 1.82) is 0 Å². The molecule has 0 saturated carbocycles. The van der Waals surface area contributed by atoms with Crippen molar-refractivity contribution in [3.63, 3.8) is 0 Å². The molecule has 0 radical (unpaired) electrons. The lowest BCUT2D eigenvalue weighted by Crippen LogP contribution is -2.25. The molecule has 0 spiro atoms. The first kappa shape index (κ1) is 18.4. The van der Waals surface area contributed by atoms with Gasteiger partial charge in [-0.2, -0.15) is 0 Å². The van der Waals surface area contributed by atoms with E-state index in [4.69, 9.17) is 16.3 Å². The number of nitrogens with zero attached hydrogens (tertiary/aromatic N) is 2. The van der Waals surface area contributed by atoms with Crippen LogP contribution in [0.2, 0.25) is 5.02 Å². The van der Waals surface area contributed by atoms with E-state index < -0.39 is 0 Å². The van der Waals surface area contributed by atoms with Gasteiger partial charge in [-0.1, -0.05) is 11.6 Å². The third-order valence-electron chi connectivity index (χ3n) is 3.62. The Morgan fingerprint density at radius 3 is 2.77 bits per heavy atom. The number of nitrogens with one attached hydrogen (secondary N) is 1. The number of hydrogen-bond donors (Lipinski definition) is 1. The molecule has 3 rings (SSSR count). The van der Waals surface area contributed by atoms with Crippen LogP contribution in [0.5, 0.6) is 5.75 Å². The van der Waals surface area contributed by atoms with Crippen molar-refractivity contribution < 1.29 is 9.53 Å². The van der Waals surface area contributed by atoms with E-state index in [0.717, 1.165) is 22.1 Å². The van der Waals surface area contributed by atoms with E-state index in [1.807, 2.05) is 24.4 Å². The molecular formula is C19H18ClN3O2S. The summed E-state index contributed by atoms with van der Waals surface area (Å²) in [5.74, 6) is 0.606. The van der Waals surface area contributed by atoms with E-state index >= 15 is 0 Å². The fraction of sp³-hybridized carbons (Fsp3) is 0.211. The summed E-state index contributed by atoms with van der Waals surface area (Å²) < 4.78 is 5.68. The third kappa shape index (κ3) is 5.28. The summed E-state index contributed by atoms with van der Waals surface area (Å²) in [5.41, 5.74) is 2.48. The van der Waals surface area contributed by atoms with Gasteiger partial charge in [-0.15, -0.1) is 11.3 Å². The Hall–Kier alpha value is -2.44. The number of aryl methyl sites for hydroxylation is 1. The van der Waals surface area contributed by atoms with Crippen LogP contribution in [0.1, 0.15) is 26.8 Å². The van der Waals surface area contributed by atoms with Gasteiger partial charge in [0.15, 0.2) is 0 Å². The minimum atomic E-state index is -0.118. The second-order valence-corrected chi connectivity index (χ2v) is 7.05. The molecule has 1 amide bonds. The Balaban J connectivity index is 1.44. The number of benzene rings is 1. The van der Waals surface area contributed by atoms with E-state index in [2.05, 4.69) is 15.3 Å². The molecule has 134 valence electrons. The molecule has 0 unspecified atom stereocenters. The SMILES string of the molecule is Cc1ccc(OCc2nc(CCNC(=O)c3ccc(Cl)cc3)cs2)cn1. The molecule has 1 aromatic carbocycles. The van der Waals surface area contributed by atoms with Gasteiger partial charge < -0.3 is 10.1 Å². The minimum Gasteiger partial charge on any atom is -0.485 e. The molecule has 0 atom stereocenters. The van der Waals surface area contributed by atoms with Crippen molar-refractivity contribution in [3.8, 4) is 5.75 Å². The summed E-state index contributed by atoms with van der Waals surface area (Å²) in [4.78, 5) is 20.8. The predicted octanol–water partition coefficient (Wildman–Crippen LogP) is 4.05. The van der Waals surface area contributed by atoms with Crippen LogP contribution in [0.15, 0.2) is 48.0 Å². The minimum absolute atomic E-state index is 0.118. The first-order valence-corrected chi connectivity index (χ1v) is 9.38. The highest BCUT2D eigenvalue weighted by Crippen LogP contribution is 2.15. The maximum absolute atomic E-state index is 12.0. The van der Waals surface area contributed by atoms with Crippen LogP contribution in [-0.4, -0.2) is 22.4 Å². The molecule has 1 N–H and O–H groups in total. The van der Waals surface area contributed by atoms with Crippen LogP contribution < -0.4 is 10.1 Å². The monoisotopic (exact) mass is 387 g/mol. The third-order valence-corrected chi connectivity index (χ3v) is 4.74. The van der Waals surface area contributed by atoms with E-state index in [0.29, 0.717) is 30.2 Å². The van der Waals surface area contributed by atoms with Gasteiger partial charge in [0.1, 0.15) is 17.4 Å². The average Bonchev–Trinajstić information content (AvgIpc) is 3.09. The summed E-state index contributed by atoms with van der Waals surface area (Å²) in [6.07, 6.45) is 2.37. The smallest absolute Gasteiger partial charge is 0.251 e. The summed E-state index contributed by atoms with van der Waals surface area (Å²) in [6.45, 7) is 2.86. The Labute approximate surface area is 161 Å². The zero-order valence-corrected chi connectivity index (χ0v) is 15.8. The normalized spacial score (nSPS) is 10.5. The summed E-state index contributed by atoms with van der Waals surface area (Å²) in [6, 6.07) is 10.6. The van der Waals surface area contributed by atoms with Gasteiger partial charge in [0, 0.05) is 34.6 Å². The van der Waals surface area contributed by atoms with E-state index in [1.165, 1.54) is 0 Å². The van der Waals surface area contributed by atoms with Crippen LogP contribution in [0.3, 0.4) is 0 Å². The highest BCUT2D eigenvalue weighted by molar-refractivity contribution is 7.09. The molecule has 0 aliphatic carbocycles. The lowest BCUT2D eigenvalue weighted by atomic mass is 10.2. The van der Waals surface area contributed by atoms with Gasteiger partial charge in [0.2, 0.25) is 0 Å². The molecule has 0 saturated heterocycles. The number of thiazole rings is 1. The van der Waals surface area contributed by atoms with E-state index in [-0.39, 0.29) is 5.91 Å². The quantitative estimate of drug-likeness (QED) is 0.664. The molecule has 5 nitrogen and oxygen atoms in total. The van der Waals surface area contributed by atoms with Crippen LogP contribution in [-0.2, 0) is 13.0 Å². The lowest BCUT2D eigenvalue weighted by Gasteiger charge is -2.04. The van der Waals surface area contributed by atoms with Crippen LogP contribution in [0.25, 0.3) is 0 Å². The number of ether oxygens (including phenoxy) is 1. The second-order valence-electron chi connectivity index (χ2n) is 5.67. The topological polar surface area (TPSA) is 64.1 Å². The van der Waals surface area contributed by atoms with E-state index in [1.54, 1.807) is 41.8 Å². The number of carbonyl (C=O) groups excluding carboxylic acids is 1. The van der Waals surface area contributed by atoms with Gasteiger partial charge in [-0.3, -0.25) is 9.78 Å². The van der Waals surface area contributed by atoms with Crippen LogP contribution in [0, 0.1) is 6.92 Å². The molecular weight excluding hydrogens is 370 g/mol. The fourth-order valence-corrected chi connectivity index (χ4v) is 3.09.